The molecule has 2 aromatic heterocycles. The van der Waals surface area contributed by atoms with E-state index in [9.17, 15) is 0 Å². The third kappa shape index (κ3) is 3.33. The zero-order chi connectivity index (χ0) is 16.4. The summed E-state index contributed by atoms with van der Waals surface area (Å²) in [6.45, 7) is 2.60. The van der Waals surface area contributed by atoms with Gasteiger partial charge in [0.05, 0.1) is 12.1 Å². The number of hydrogen-bond acceptors (Lipinski definition) is 5. The van der Waals surface area contributed by atoms with Crippen LogP contribution in [0.2, 0.25) is 0 Å². The summed E-state index contributed by atoms with van der Waals surface area (Å²) < 4.78 is 6.89. The van der Waals surface area contributed by atoms with Gasteiger partial charge in [0.1, 0.15) is 5.75 Å². The molecule has 5 nitrogen and oxygen atoms in total. The third-order valence-electron chi connectivity index (χ3n) is 4.23. The van der Waals surface area contributed by atoms with Crippen LogP contribution in [0.4, 0.5) is 5.95 Å². The van der Waals surface area contributed by atoms with Gasteiger partial charge in [-0.2, -0.15) is 0 Å². The summed E-state index contributed by atoms with van der Waals surface area (Å²) in [7, 11) is 0. The average Bonchev–Trinajstić information content (AvgIpc) is 3.09. The van der Waals surface area contributed by atoms with Crippen molar-refractivity contribution in [2.75, 3.05) is 24.6 Å². The molecule has 24 heavy (non-hydrogen) atoms. The number of aromatic nitrogens is 3. The summed E-state index contributed by atoms with van der Waals surface area (Å²) in [6.07, 6.45) is 6.48. The SMILES string of the molecule is Brc1ccc2nc(N3CCC(COc4ccncc4)C3)ncc2c1. The highest BCUT2D eigenvalue weighted by Gasteiger charge is 2.25. The number of pyridine rings is 1. The van der Waals surface area contributed by atoms with E-state index in [4.69, 9.17) is 9.72 Å². The number of benzene rings is 1. The van der Waals surface area contributed by atoms with Crippen LogP contribution in [0, 0.1) is 5.92 Å². The number of halogens is 1. The Morgan fingerprint density at radius 3 is 2.96 bits per heavy atom. The van der Waals surface area contributed by atoms with E-state index >= 15 is 0 Å². The van der Waals surface area contributed by atoms with Gasteiger partial charge in [0.25, 0.3) is 0 Å². The number of rotatable bonds is 4. The van der Waals surface area contributed by atoms with E-state index in [1.165, 1.54) is 0 Å². The minimum absolute atomic E-state index is 0.488. The van der Waals surface area contributed by atoms with Gasteiger partial charge in [-0.25, -0.2) is 9.97 Å². The molecule has 0 radical (unpaired) electrons. The van der Waals surface area contributed by atoms with Crippen LogP contribution in [0.15, 0.2) is 53.4 Å². The maximum Gasteiger partial charge on any atom is 0.225 e. The van der Waals surface area contributed by atoms with E-state index in [0.717, 1.165) is 46.6 Å². The predicted molar refractivity (Wildman–Crippen MR) is 97.3 cm³/mol. The molecule has 1 fully saturated rings. The van der Waals surface area contributed by atoms with E-state index in [0.29, 0.717) is 12.5 Å². The molecule has 0 bridgehead atoms. The van der Waals surface area contributed by atoms with Gasteiger partial charge in [0.15, 0.2) is 0 Å². The van der Waals surface area contributed by atoms with Crippen molar-refractivity contribution in [1.82, 2.24) is 15.0 Å². The fourth-order valence-corrected chi connectivity index (χ4v) is 3.32. The molecule has 3 aromatic rings. The molecule has 122 valence electrons. The molecule has 0 saturated carbocycles. The van der Waals surface area contributed by atoms with E-state index in [1.54, 1.807) is 12.4 Å². The van der Waals surface area contributed by atoms with Crippen molar-refractivity contribution in [3.8, 4) is 5.75 Å². The highest BCUT2D eigenvalue weighted by Crippen LogP contribution is 2.24. The second kappa shape index (κ2) is 6.73. The van der Waals surface area contributed by atoms with Gasteiger partial charge in [-0.1, -0.05) is 15.9 Å². The van der Waals surface area contributed by atoms with Gasteiger partial charge in [-0.15, -0.1) is 0 Å². The normalized spacial score (nSPS) is 17.4. The molecule has 1 aromatic carbocycles. The minimum atomic E-state index is 0.488. The molecule has 1 saturated heterocycles. The molecule has 1 aliphatic heterocycles. The first kappa shape index (κ1) is 15.3. The van der Waals surface area contributed by atoms with Crippen molar-refractivity contribution < 1.29 is 4.74 Å². The summed E-state index contributed by atoms with van der Waals surface area (Å²) in [6, 6.07) is 9.84. The largest absolute Gasteiger partial charge is 0.493 e. The highest BCUT2D eigenvalue weighted by molar-refractivity contribution is 9.10. The van der Waals surface area contributed by atoms with Crippen molar-refractivity contribution >= 4 is 32.8 Å². The monoisotopic (exact) mass is 384 g/mol. The molecule has 1 aliphatic rings. The van der Waals surface area contributed by atoms with Crippen LogP contribution < -0.4 is 9.64 Å². The summed E-state index contributed by atoms with van der Waals surface area (Å²) in [4.78, 5) is 15.5. The topological polar surface area (TPSA) is 51.1 Å². The van der Waals surface area contributed by atoms with Crippen molar-refractivity contribution in [1.29, 1.82) is 0 Å². The maximum absolute atomic E-state index is 5.84. The lowest BCUT2D eigenvalue weighted by Gasteiger charge is -2.17. The first-order valence-electron chi connectivity index (χ1n) is 7.98. The van der Waals surface area contributed by atoms with Crippen molar-refractivity contribution in [3.05, 3.63) is 53.4 Å². The smallest absolute Gasteiger partial charge is 0.225 e. The van der Waals surface area contributed by atoms with Crippen LogP contribution >= 0.6 is 15.9 Å². The van der Waals surface area contributed by atoms with Gasteiger partial charge in [0.2, 0.25) is 5.95 Å². The maximum atomic E-state index is 5.84. The molecule has 0 aliphatic carbocycles. The van der Waals surface area contributed by atoms with Gasteiger partial charge < -0.3 is 9.64 Å². The number of hydrogen-bond donors (Lipinski definition) is 0. The van der Waals surface area contributed by atoms with Crippen LogP contribution in [-0.4, -0.2) is 34.6 Å². The second-order valence-electron chi connectivity index (χ2n) is 5.97. The Kier molecular flexibility index (Phi) is 4.30. The molecule has 4 rings (SSSR count). The van der Waals surface area contributed by atoms with E-state index in [1.807, 2.05) is 36.5 Å². The van der Waals surface area contributed by atoms with Crippen molar-refractivity contribution in [3.63, 3.8) is 0 Å². The van der Waals surface area contributed by atoms with Gasteiger partial charge in [-0.3, -0.25) is 4.98 Å². The fourth-order valence-electron chi connectivity index (χ4n) is 2.95. The van der Waals surface area contributed by atoms with Crippen LogP contribution in [0.1, 0.15) is 6.42 Å². The molecule has 1 unspecified atom stereocenters. The molecule has 1 atom stereocenters. The number of anilines is 1. The summed E-state index contributed by atoms with van der Waals surface area (Å²) >= 11 is 3.48. The Labute approximate surface area is 148 Å². The first-order chi connectivity index (χ1) is 11.8. The number of fused-ring (bicyclic) bond motifs is 1. The Morgan fingerprint density at radius 1 is 1.21 bits per heavy atom. The minimum Gasteiger partial charge on any atom is -0.493 e. The Morgan fingerprint density at radius 2 is 2.08 bits per heavy atom. The summed E-state index contributed by atoms with van der Waals surface area (Å²) in [5.41, 5.74) is 0.972. The molecular formula is C18H17BrN4O. The molecule has 3 heterocycles. The summed E-state index contributed by atoms with van der Waals surface area (Å²) in [5, 5.41) is 1.05. The molecule has 0 spiro atoms. The Balaban J connectivity index is 1.42. The van der Waals surface area contributed by atoms with Crippen LogP contribution in [0.3, 0.4) is 0 Å². The van der Waals surface area contributed by atoms with Gasteiger partial charge in [0, 0.05) is 47.5 Å². The molecular weight excluding hydrogens is 368 g/mol. The Bertz CT molecular complexity index is 843. The Hall–Kier alpha value is -2.21. The predicted octanol–water partition coefficient (Wildman–Crippen LogP) is 3.69. The lowest BCUT2D eigenvalue weighted by atomic mass is 10.1. The van der Waals surface area contributed by atoms with E-state index in [2.05, 4.69) is 30.8 Å². The van der Waals surface area contributed by atoms with E-state index in [-0.39, 0.29) is 0 Å². The molecule has 6 heteroatoms. The summed E-state index contributed by atoms with van der Waals surface area (Å²) in [5.74, 6) is 2.16. The number of nitrogens with zero attached hydrogens (tertiary/aromatic N) is 4. The average molecular weight is 385 g/mol. The van der Waals surface area contributed by atoms with Crippen LogP contribution in [0.25, 0.3) is 10.9 Å². The standard InChI is InChI=1S/C18H17BrN4O/c19-15-1-2-17-14(9-15)10-21-18(22-17)23-8-5-13(11-23)12-24-16-3-6-20-7-4-16/h1-4,6-7,9-10,13H,5,8,11-12H2. The zero-order valence-electron chi connectivity index (χ0n) is 13.1. The van der Waals surface area contributed by atoms with Crippen LogP contribution in [-0.2, 0) is 0 Å². The van der Waals surface area contributed by atoms with Crippen molar-refractivity contribution in [2.24, 2.45) is 5.92 Å². The van der Waals surface area contributed by atoms with Crippen molar-refractivity contribution in [2.45, 2.75) is 6.42 Å². The van der Waals surface area contributed by atoms with E-state index < -0.39 is 0 Å². The van der Waals surface area contributed by atoms with Crippen LogP contribution in [0.5, 0.6) is 5.75 Å². The zero-order valence-corrected chi connectivity index (χ0v) is 14.7. The highest BCUT2D eigenvalue weighted by atomic mass is 79.9. The first-order valence-corrected chi connectivity index (χ1v) is 8.77. The third-order valence-corrected chi connectivity index (χ3v) is 4.73. The second-order valence-corrected chi connectivity index (χ2v) is 6.88. The van der Waals surface area contributed by atoms with Gasteiger partial charge >= 0.3 is 0 Å². The molecule has 0 amide bonds. The fraction of sp³-hybridized carbons (Fsp3) is 0.278. The lowest BCUT2D eigenvalue weighted by molar-refractivity contribution is 0.261. The quantitative estimate of drug-likeness (QED) is 0.686. The van der Waals surface area contributed by atoms with Gasteiger partial charge in [-0.05, 0) is 36.8 Å². The lowest BCUT2D eigenvalue weighted by Crippen LogP contribution is -2.23. The molecule has 0 N–H and O–H groups in total. The number of ether oxygens (including phenoxy) is 1.